The molecule has 0 aromatic heterocycles. The molecular formula is C19H20ClFN2O2. The monoisotopic (exact) mass is 362 g/mol. The van der Waals surface area contributed by atoms with Crippen molar-refractivity contribution in [1.29, 1.82) is 0 Å². The van der Waals surface area contributed by atoms with Gasteiger partial charge in [0.1, 0.15) is 5.82 Å². The van der Waals surface area contributed by atoms with Crippen LogP contribution in [0.3, 0.4) is 0 Å². The molecule has 0 radical (unpaired) electrons. The minimum absolute atomic E-state index is 0.0191. The van der Waals surface area contributed by atoms with Gasteiger partial charge >= 0.3 is 0 Å². The van der Waals surface area contributed by atoms with E-state index in [4.69, 9.17) is 11.6 Å². The predicted molar refractivity (Wildman–Crippen MR) is 96.0 cm³/mol. The molecule has 0 atom stereocenters. The maximum Gasteiger partial charge on any atom is 0.274 e. The first-order chi connectivity index (χ1) is 11.6. The average Bonchev–Trinajstić information content (AvgIpc) is 2.50. The molecule has 1 N–H and O–H groups in total. The van der Waals surface area contributed by atoms with Gasteiger partial charge in [0.05, 0.1) is 16.1 Å². The molecule has 0 unspecified atom stereocenters. The lowest BCUT2D eigenvalue weighted by molar-refractivity contribution is 0.0357. The first-order valence-corrected chi connectivity index (χ1v) is 8.15. The molecule has 0 aliphatic rings. The topological polar surface area (TPSA) is 49.4 Å². The highest BCUT2D eigenvalue weighted by atomic mass is 35.5. The van der Waals surface area contributed by atoms with E-state index in [0.29, 0.717) is 5.56 Å². The molecule has 2 amide bonds. The molecule has 0 heterocycles. The van der Waals surface area contributed by atoms with Crippen molar-refractivity contribution >= 4 is 23.4 Å². The number of nitrogens with zero attached hydrogens (tertiary/aromatic N) is 1. The van der Waals surface area contributed by atoms with E-state index < -0.39 is 23.2 Å². The van der Waals surface area contributed by atoms with E-state index in [-0.39, 0.29) is 10.6 Å². The Balaban J connectivity index is 2.36. The number of aryl methyl sites for hydroxylation is 1. The number of benzene rings is 2. The van der Waals surface area contributed by atoms with Crippen LogP contribution in [0.25, 0.3) is 0 Å². The fraction of sp³-hybridized carbons (Fsp3) is 0.263. The summed E-state index contributed by atoms with van der Waals surface area (Å²) in [6, 6.07) is 11.0. The molecular weight excluding hydrogens is 343 g/mol. The Morgan fingerprint density at radius 1 is 1.12 bits per heavy atom. The first kappa shape index (κ1) is 18.9. The van der Waals surface area contributed by atoms with Gasteiger partial charge in [0.25, 0.3) is 11.8 Å². The SMILES string of the molecule is Cc1cccc(C(=O)N(NC(=O)c2c(F)cccc2Cl)C(C)(C)C)c1. The lowest BCUT2D eigenvalue weighted by atomic mass is 10.1. The minimum Gasteiger partial charge on any atom is -0.267 e. The standard InChI is InChI=1S/C19H20ClFN2O2/c1-12-7-5-8-13(11-12)18(25)23(19(2,3)4)22-17(24)16-14(20)9-6-10-15(16)21/h5-11H,1-4H3,(H,22,24). The zero-order valence-electron chi connectivity index (χ0n) is 14.6. The van der Waals surface area contributed by atoms with Gasteiger partial charge in [-0.05, 0) is 52.0 Å². The van der Waals surface area contributed by atoms with E-state index in [1.54, 1.807) is 39.0 Å². The molecule has 25 heavy (non-hydrogen) atoms. The van der Waals surface area contributed by atoms with Crippen LogP contribution in [0.4, 0.5) is 4.39 Å². The Morgan fingerprint density at radius 2 is 1.76 bits per heavy atom. The quantitative estimate of drug-likeness (QED) is 0.806. The second kappa shape index (κ2) is 7.23. The molecule has 6 heteroatoms. The molecule has 0 saturated heterocycles. The Hall–Kier alpha value is -2.40. The first-order valence-electron chi connectivity index (χ1n) is 7.77. The summed E-state index contributed by atoms with van der Waals surface area (Å²) in [6.45, 7) is 7.17. The Labute approximate surface area is 151 Å². The maximum absolute atomic E-state index is 14.0. The number of hydrazine groups is 1. The molecule has 0 spiro atoms. The molecule has 0 bridgehead atoms. The van der Waals surface area contributed by atoms with E-state index in [2.05, 4.69) is 5.43 Å². The molecule has 0 fully saturated rings. The van der Waals surface area contributed by atoms with Gasteiger partial charge in [-0.1, -0.05) is 35.4 Å². The molecule has 132 valence electrons. The molecule has 2 aromatic carbocycles. The maximum atomic E-state index is 14.0. The summed E-state index contributed by atoms with van der Waals surface area (Å²) < 4.78 is 14.0. The van der Waals surface area contributed by atoms with Gasteiger partial charge in [0.15, 0.2) is 0 Å². The molecule has 0 aliphatic heterocycles. The van der Waals surface area contributed by atoms with Crippen LogP contribution in [0.1, 0.15) is 47.1 Å². The molecule has 0 aliphatic carbocycles. The molecule has 0 saturated carbocycles. The van der Waals surface area contributed by atoms with Crippen LogP contribution in [0.15, 0.2) is 42.5 Å². The van der Waals surface area contributed by atoms with Crippen LogP contribution < -0.4 is 5.43 Å². The van der Waals surface area contributed by atoms with E-state index >= 15 is 0 Å². The number of rotatable bonds is 2. The lowest BCUT2D eigenvalue weighted by Gasteiger charge is -2.35. The van der Waals surface area contributed by atoms with E-state index in [9.17, 15) is 14.0 Å². The van der Waals surface area contributed by atoms with Gasteiger partial charge < -0.3 is 0 Å². The highest BCUT2D eigenvalue weighted by Gasteiger charge is 2.30. The van der Waals surface area contributed by atoms with Crippen molar-refractivity contribution in [2.24, 2.45) is 0 Å². The van der Waals surface area contributed by atoms with Crippen LogP contribution in [-0.4, -0.2) is 22.4 Å². The number of carbonyl (C=O) groups excluding carboxylic acids is 2. The van der Waals surface area contributed by atoms with Crippen LogP contribution in [0, 0.1) is 12.7 Å². The Kier molecular flexibility index (Phi) is 5.48. The number of amides is 2. The third kappa shape index (κ3) is 4.37. The smallest absolute Gasteiger partial charge is 0.267 e. The number of halogens is 2. The fourth-order valence-electron chi connectivity index (χ4n) is 2.30. The third-order valence-electron chi connectivity index (χ3n) is 3.54. The van der Waals surface area contributed by atoms with Gasteiger partial charge in [-0.3, -0.25) is 15.0 Å². The van der Waals surface area contributed by atoms with Gasteiger partial charge in [0, 0.05) is 5.56 Å². The summed E-state index contributed by atoms with van der Waals surface area (Å²) in [7, 11) is 0. The summed E-state index contributed by atoms with van der Waals surface area (Å²) in [6.07, 6.45) is 0. The van der Waals surface area contributed by atoms with Crippen LogP contribution >= 0.6 is 11.6 Å². The fourth-order valence-corrected chi connectivity index (χ4v) is 2.55. The van der Waals surface area contributed by atoms with E-state index in [1.807, 2.05) is 13.0 Å². The summed E-state index contributed by atoms with van der Waals surface area (Å²) in [5.74, 6) is -1.92. The number of carbonyl (C=O) groups is 2. The van der Waals surface area contributed by atoms with Crippen molar-refractivity contribution < 1.29 is 14.0 Å². The van der Waals surface area contributed by atoms with Gasteiger partial charge in [-0.15, -0.1) is 0 Å². The van der Waals surface area contributed by atoms with Crippen LogP contribution in [0.2, 0.25) is 5.02 Å². The van der Waals surface area contributed by atoms with Crippen molar-refractivity contribution in [3.8, 4) is 0 Å². The number of hydrogen-bond acceptors (Lipinski definition) is 2. The predicted octanol–water partition coefficient (Wildman–Crippen LogP) is 4.37. The average molecular weight is 363 g/mol. The summed E-state index contributed by atoms with van der Waals surface area (Å²) >= 11 is 5.94. The zero-order valence-corrected chi connectivity index (χ0v) is 15.3. The Morgan fingerprint density at radius 3 is 2.32 bits per heavy atom. The largest absolute Gasteiger partial charge is 0.274 e. The second-order valence-corrected chi connectivity index (χ2v) is 7.13. The highest BCUT2D eigenvalue weighted by molar-refractivity contribution is 6.33. The van der Waals surface area contributed by atoms with Crippen LogP contribution in [-0.2, 0) is 0 Å². The van der Waals surface area contributed by atoms with Crippen molar-refractivity contribution in [2.75, 3.05) is 0 Å². The number of hydrogen-bond donors (Lipinski definition) is 1. The van der Waals surface area contributed by atoms with Crippen molar-refractivity contribution in [2.45, 2.75) is 33.2 Å². The normalized spacial score (nSPS) is 11.1. The van der Waals surface area contributed by atoms with E-state index in [1.165, 1.54) is 17.1 Å². The third-order valence-corrected chi connectivity index (χ3v) is 3.86. The van der Waals surface area contributed by atoms with E-state index in [0.717, 1.165) is 11.6 Å². The van der Waals surface area contributed by atoms with Gasteiger partial charge in [-0.2, -0.15) is 0 Å². The summed E-state index contributed by atoms with van der Waals surface area (Å²) in [5.41, 5.74) is 2.81. The number of nitrogens with one attached hydrogen (secondary N) is 1. The van der Waals surface area contributed by atoms with Gasteiger partial charge in [-0.25, -0.2) is 9.40 Å². The molecule has 2 rings (SSSR count). The second-order valence-electron chi connectivity index (χ2n) is 6.72. The summed E-state index contributed by atoms with van der Waals surface area (Å²) in [4.78, 5) is 25.4. The lowest BCUT2D eigenvalue weighted by Crippen LogP contribution is -2.56. The Bertz CT molecular complexity index is 795. The van der Waals surface area contributed by atoms with Crippen molar-refractivity contribution in [3.05, 3.63) is 70.0 Å². The minimum atomic E-state index is -0.779. The summed E-state index contributed by atoms with van der Waals surface area (Å²) in [5, 5.41) is 1.17. The molecule has 2 aromatic rings. The molecule has 4 nitrogen and oxygen atoms in total. The van der Waals surface area contributed by atoms with Crippen LogP contribution in [0.5, 0.6) is 0 Å². The van der Waals surface area contributed by atoms with Crippen molar-refractivity contribution in [3.63, 3.8) is 0 Å². The van der Waals surface area contributed by atoms with Gasteiger partial charge in [0.2, 0.25) is 0 Å². The van der Waals surface area contributed by atoms with Crippen molar-refractivity contribution in [1.82, 2.24) is 10.4 Å². The highest BCUT2D eigenvalue weighted by Crippen LogP contribution is 2.21. The zero-order chi connectivity index (χ0) is 18.8.